The van der Waals surface area contributed by atoms with Gasteiger partial charge < -0.3 is 16.0 Å². The average Bonchev–Trinajstić information content (AvgIpc) is 3.23. The van der Waals surface area contributed by atoms with Crippen LogP contribution in [0.4, 0.5) is 10.1 Å². The number of nitrogens with one attached hydrogen (secondary N) is 1. The molecule has 0 bridgehead atoms. The highest BCUT2D eigenvalue weighted by atomic mass is 35.5. The molecule has 0 saturated carbocycles. The number of rotatable bonds is 5. The first-order chi connectivity index (χ1) is 19.8. The minimum atomic E-state index is -0.626. The quantitative estimate of drug-likeness (QED) is 0.334. The van der Waals surface area contributed by atoms with Gasteiger partial charge in [0.1, 0.15) is 5.82 Å². The number of anilines is 1. The van der Waals surface area contributed by atoms with Gasteiger partial charge in [-0.1, -0.05) is 17.7 Å². The van der Waals surface area contributed by atoms with Crippen LogP contribution < -0.4 is 11.1 Å². The molecule has 3 N–H and O–H groups in total. The van der Waals surface area contributed by atoms with Gasteiger partial charge in [-0.25, -0.2) is 9.07 Å². The maximum Gasteiger partial charge on any atom is 0.269 e. The molecule has 8 nitrogen and oxygen atoms in total. The predicted molar refractivity (Wildman–Crippen MR) is 156 cm³/mol. The fraction of sp³-hybridized carbons (Fsp3) is 0.290. The summed E-state index contributed by atoms with van der Waals surface area (Å²) in [5.41, 5.74) is 11.6. The number of likely N-dealkylation sites (tertiary alicyclic amines) is 1. The van der Waals surface area contributed by atoms with E-state index in [1.165, 1.54) is 12.1 Å². The van der Waals surface area contributed by atoms with Gasteiger partial charge in [0.05, 0.1) is 22.0 Å². The van der Waals surface area contributed by atoms with Crippen LogP contribution in [0.25, 0.3) is 16.9 Å². The molecule has 10 heteroatoms. The summed E-state index contributed by atoms with van der Waals surface area (Å²) < 4.78 is 15.3. The molecule has 1 aliphatic heterocycles. The van der Waals surface area contributed by atoms with Crippen LogP contribution in [0, 0.1) is 5.82 Å². The number of carbonyl (C=O) groups is 2. The molecule has 1 fully saturated rings. The molecule has 2 aromatic heterocycles. The summed E-state index contributed by atoms with van der Waals surface area (Å²) in [7, 11) is 2.12. The first-order valence-corrected chi connectivity index (χ1v) is 14.1. The Hall–Kier alpha value is -4.08. The number of hydrogen-bond donors (Lipinski definition) is 2. The van der Waals surface area contributed by atoms with E-state index < -0.39 is 5.91 Å². The van der Waals surface area contributed by atoms with Crippen molar-refractivity contribution >= 4 is 29.1 Å². The van der Waals surface area contributed by atoms with E-state index in [9.17, 15) is 14.0 Å². The Kier molecular flexibility index (Phi) is 7.32. The van der Waals surface area contributed by atoms with Crippen molar-refractivity contribution in [1.29, 1.82) is 0 Å². The lowest BCUT2D eigenvalue weighted by molar-refractivity contribution is 0.0992. The van der Waals surface area contributed by atoms with Crippen molar-refractivity contribution in [2.24, 2.45) is 5.73 Å². The fourth-order valence-electron chi connectivity index (χ4n) is 5.87. The molecule has 2 amide bonds. The minimum absolute atomic E-state index is 0.185. The number of amides is 2. The van der Waals surface area contributed by atoms with Crippen LogP contribution in [0.15, 0.2) is 54.7 Å². The third kappa shape index (κ3) is 5.35. The Labute approximate surface area is 242 Å². The SMILES string of the molecule is CN1CCCC(c2cc(C(=O)Nc3ccc4c(c3)-c3c(c(C(N)=O)nn3-c3ccc(F)cc3)CC4)c(Cl)cn2)CC1. The Morgan fingerprint density at radius 3 is 2.66 bits per heavy atom. The number of fused-ring (bicyclic) bond motifs is 3. The third-order valence-electron chi connectivity index (χ3n) is 8.05. The molecular formula is C31H30ClFN6O2. The monoisotopic (exact) mass is 572 g/mol. The second-order valence-corrected chi connectivity index (χ2v) is 11.2. The van der Waals surface area contributed by atoms with E-state index in [4.69, 9.17) is 17.3 Å². The summed E-state index contributed by atoms with van der Waals surface area (Å²) in [4.78, 5) is 32.6. The number of primary amides is 1. The first-order valence-electron chi connectivity index (χ1n) is 13.7. The van der Waals surface area contributed by atoms with E-state index in [-0.39, 0.29) is 28.4 Å². The summed E-state index contributed by atoms with van der Waals surface area (Å²) in [6, 6.07) is 13.4. The van der Waals surface area contributed by atoms with Crippen molar-refractivity contribution in [1.82, 2.24) is 19.7 Å². The molecule has 3 heterocycles. The van der Waals surface area contributed by atoms with Crippen LogP contribution in [0.5, 0.6) is 0 Å². The predicted octanol–water partition coefficient (Wildman–Crippen LogP) is 5.38. The number of benzene rings is 2. The molecule has 41 heavy (non-hydrogen) atoms. The molecule has 0 spiro atoms. The van der Waals surface area contributed by atoms with E-state index in [0.717, 1.165) is 54.7 Å². The largest absolute Gasteiger partial charge is 0.364 e. The second-order valence-electron chi connectivity index (χ2n) is 10.8. The number of hydrogen-bond acceptors (Lipinski definition) is 5. The molecule has 1 unspecified atom stereocenters. The number of aromatic nitrogens is 3. The standard InChI is InChI=1S/C31H30ClFN6O2/c1-38-13-2-3-19(12-14-38)27-16-25(26(32)17-35-27)31(41)36-21-8-4-18-5-11-23-28(30(34)40)37-39(29(23)24(18)15-21)22-9-6-20(33)7-10-22/h4,6-10,15-17,19H,2-3,5,11-14H2,1H3,(H2,34,40)(H,36,41). The van der Waals surface area contributed by atoms with Gasteiger partial charge in [0.2, 0.25) is 0 Å². The second kappa shape index (κ2) is 11.1. The number of pyridine rings is 1. The third-order valence-corrected chi connectivity index (χ3v) is 8.35. The Bertz CT molecular complexity index is 1650. The molecule has 6 rings (SSSR count). The summed E-state index contributed by atoms with van der Waals surface area (Å²) in [6.45, 7) is 2.04. The van der Waals surface area contributed by atoms with Gasteiger partial charge in [0, 0.05) is 34.6 Å². The zero-order valence-electron chi connectivity index (χ0n) is 22.7. The van der Waals surface area contributed by atoms with Gasteiger partial charge in [-0.2, -0.15) is 5.10 Å². The van der Waals surface area contributed by atoms with Crippen molar-refractivity contribution in [2.75, 3.05) is 25.5 Å². The van der Waals surface area contributed by atoms with Crippen molar-refractivity contribution in [3.8, 4) is 16.9 Å². The average molecular weight is 573 g/mol. The Morgan fingerprint density at radius 1 is 1.07 bits per heavy atom. The molecule has 1 saturated heterocycles. The number of nitrogens with zero attached hydrogens (tertiary/aromatic N) is 4. The molecule has 0 radical (unpaired) electrons. The Balaban J connectivity index is 1.33. The molecule has 1 aliphatic carbocycles. The van der Waals surface area contributed by atoms with Crippen LogP contribution >= 0.6 is 11.6 Å². The van der Waals surface area contributed by atoms with E-state index in [1.807, 2.05) is 24.3 Å². The molecule has 2 aliphatic rings. The van der Waals surface area contributed by atoms with Crippen molar-refractivity contribution in [2.45, 2.75) is 38.0 Å². The molecule has 4 aromatic rings. The lowest BCUT2D eigenvalue weighted by Gasteiger charge is -2.20. The normalized spacial score (nSPS) is 16.9. The minimum Gasteiger partial charge on any atom is -0.364 e. The molecular weight excluding hydrogens is 543 g/mol. The van der Waals surface area contributed by atoms with Gasteiger partial charge >= 0.3 is 0 Å². The van der Waals surface area contributed by atoms with E-state index in [0.29, 0.717) is 35.5 Å². The lowest BCUT2D eigenvalue weighted by Crippen LogP contribution is -2.19. The highest BCUT2D eigenvalue weighted by Crippen LogP contribution is 2.38. The van der Waals surface area contributed by atoms with Crippen LogP contribution in [0.1, 0.15) is 62.8 Å². The Morgan fingerprint density at radius 2 is 1.88 bits per heavy atom. The van der Waals surface area contributed by atoms with E-state index in [2.05, 4.69) is 27.3 Å². The van der Waals surface area contributed by atoms with Gasteiger partial charge in [-0.05, 0) is 100 Å². The summed E-state index contributed by atoms with van der Waals surface area (Å²) in [5, 5.41) is 7.80. The summed E-state index contributed by atoms with van der Waals surface area (Å²) >= 11 is 6.45. The van der Waals surface area contributed by atoms with Crippen molar-refractivity contribution < 1.29 is 14.0 Å². The number of nitrogens with two attached hydrogens (primary N) is 1. The molecule has 2 aromatic carbocycles. The van der Waals surface area contributed by atoms with Gasteiger partial charge in [-0.3, -0.25) is 14.6 Å². The fourth-order valence-corrected chi connectivity index (χ4v) is 6.06. The van der Waals surface area contributed by atoms with Crippen LogP contribution in [-0.2, 0) is 12.8 Å². The maximum absolute atomic E-state index is 13.7. The lowest BCUT2D eigenvalue weighted by atomic mass is 9.88. The highest BCUT2D eigenvalue weighted by molar-refractivity contribution is 6.34. The first kappa shape index (κ1) is 27.1. The summed E-state index contributed by atoms with van der Waals surface area (Å²) in [6.07, 6.45) is 5.90. The summed E-state index contributed by atoms with van der Waals surface area (Å²) in [5.74, 6) is -1.06. The van der Waals surface area contributed by atoms with Crippen LogP contribution in [0.3, 0.4) is 0 Å². The number of halogens is 2. The number of aryl methyl sites for hydroxylation is 1. The molecule has 1 atom stereocenters. The van der Waals surface area contributed by atoms with Gasteiger partial charge in [0.15, 0.2) is 5.69 Å². The van der Waals surface area contributed by atoms with Gasteiger partial charge in [0.25, 0.3) is 11.8 Å². The van der Waals surface area contributed by atoms with Crippen LogP contribution in [0.2, 0.25) is 5.02 Å². The van der Waals surface area contributed by atoms with Crippen molar-refractivity contribution in [3.05, 3.63) is 93.6 Å². The van der Waals surface area contributed by atoms with E-state index in [1.54, 1.807) is 23.0 Å². The van der Waals surface area contributed by atoms with Gasteiger partial charge in [-0.15, -0.1) is 0 Å². The van der Waals surface area contributed by atoms with Crippen molar-refractivity contribution in [3.63, 3.8) is 0 Å². The highest BCUT2D eigenvalue weighted by Gasteiger charge is 2.29. The number of carbonyl (C=O) groups excluding carboxylic acids is 2. The topological polar surface area (TPSA) is 106 Å². The smallest absolute Gasteiger partial charge is 0.269 e. The van der Waals surface area contributed by atoms with E-state index >= 15 is 0 Å². The zero-order chi connectivity index (χ0) is 28.7. The van der Waals surface area contributed by atoms with Crippen LogP contribution in [-0.4, -0.2) is 51.6 Å². The molecule has 210 valence electrons. The maximum atomic E-state index is 13.7. The zero-order valence-corrected chi connectivity index (χ0v) is 23.4.